The number of likely N-dealkylation sites (N-methyl/N-ethyl adjacent to an activating group) is 1. The third-order valence-corrected chi connectivity index (χ3v) is 8.23. The number of amides is 1. The fraction of sp³-hybridized carbons (Fsp3) is 0.536. The first-order chi connectivity index (χ1) is 18.5. The summed E-state index contributed by atoms with van der Waals surface area (Å²) in [7, 11) is 6.78. The lowest BCUT2D eigenvalue weighted by atomic mass is 9.57. The molecule has 4 rings (SSSR count). The number of anilines is 1. The van der Waals surface area contributed by atoms with Crippen molar-refractivity contribution in [3.63, 3.8) is 0 Å². The van der Waals surface area contributed by atoms with E-state index in [4.69, 9.17) is 11.6 Å². The number of nitrogens with zero attached hydrogens (tertiary/aromatic N) is 3. The molecular weight excluding hydrogens is 518 g/mol. The van der Waals surface area contributed by atoms with Gasteiger partial charge in [0.25, 0.3) is 5.91 Å². The van der Waals surface area contributed by atoms with Gasteiger partial charge >= 0.3 is 0 Å². The Bertz CT molecular complexity index is 1350. The van der Waals surface area contributed by atoms with Crippen LogP contribution in [-0.4, -0.2) is 94.2 Å². The van der Waals surface area contributed by atoms with Crippen LogP contribution in [0.25, 0.3) is 5.76 Å². The zero-order valence-electron chi connectivity index (χ0n) is 23.7. The fourth-order valence-corrected chi connectivity index (χ4v) is 6.62. The van der Waals surface area contributed by atoms with Crippen LogP contribution in [0.5, 0.6) is 5.75 Å². The van der Waals surface area contributed by atoms with Crippen LogP contribution >= 0.6 is 0 Å². The minimum Gasteiger partial charge on any atom is -0.508 e. The molecule has 1 amide bonds. The summed E-state index contributed by atoms with van der Waals surface area (Å²) in [5.41, 5.74) is 3.48. The van der Waals surface area contributed by atoms with Crippen LogP contribution in [0.2, 0.25) is 0 Å². The maximum absolute atomic E-state index is 14.0. The minimum absolute atomic E-state index is 0.0338. The Morgan fingerprint density at radius 3 is 2.30 bits per heavy atom. The predicted octanol–water partition coefficient (Wildman–Crippen LogP) is 0.362. The first-order valence-electron chi connectivity index (χ1n) is 13.2. The molecule has 0 spiro atoms. The SMILES string of the molecule is CC(C)CN(N)Cc1cc(N(C)C)c2c(c1O)C(O)=C1C(=O)[C@]3(O)C(O)=C(C(N)=O)C(=O)[C@H](N(C)C)[C@@H]3C[C@@H]1C2. The number of hydrogen-bond acceptors (Lipinski definition) is 11. The van der Waals surface area contributed by atoms with E-state index in [0.29, 0.717) is 23.4 Å². The lowest BCUT2D eigenvalue weighted by Crippen LogP contribution is -2.65. The van der Waals surface area contributed by atoms with Gasteiger partial charge in [-0.25, -0.2) is 5.01 Å². The highest BCUT2D eigenvalue weighted by Gasteiger charge is 2.64. The van der Waals surface area contributed by atoms with Crippen molar-refractivity contribution in [1.82, 2.24) is 9.91 Å². The van der Waals surface area contributed by atoms with Gasteiger partial charge in [0, 0.05) is 49.9 Å². The molecule has 1 aromatic carbocycles. The van der Waals surface area contributed by atoms with E-state index in [9.17, 15) is 34.8 Å². The molecule has 40 heavy (non-hydrogen) atoms. The Morgan fingerprint density at radius 1 is 1.15 bits per heavy atom. The molecule has 0 radical (unpaired) electrons. The molecular formula is C28H39N5O7. The molecule has 3 aliphatic carbocycles. The topological polar surface area (TPSA) is 194 Å². The second-order valence-corrected chi connectivity index (χ2v) is 11.9. The molecule has 0 saturated heterocycles. The molecule has 1 fully saturated rings. The molecule has 0 bridgehead atoms. The van der Waals surface area contributed by atoms with E-state index in [1.807, 2.05) is 32.8 Å². The van der Waals surface area contributed by atoms with Gasteiger partial charge in [0.05, 0.1) is 11.6 Å². The van der Waals surface area contributed by atoms with Gasteiger partial charge in [-0.15, -0.1) is 0 Å². The van der Waals surface area contributed by atoms with Crippen molar-refractivity contribution in [3.05, 3.63) is 39.7 Å². The van der Waals surface area contributed by atoms with E-state index in [2.05, 4.69) is 0 Å². The Kier molecular flexibility index (Phi) is 7.52. The van der Waals surface area contributed by atoms with Crippen LogP contribution in [0.4, 0.5) is 5.69 Å². The lowest BCUT2D eigenvalue weighted by molar-refractivity contribution is -0.153. The van der Waals surface area contributed by atoms with Gasteiger partial charge in [0.1, 0.15) is 22.8 Å². The Labute approximate surface area is 233 Å². The number of phenolic OH excluding ortho intramolecular Hbond substituents is 1. The maximum atomic E-state index is 14.0. The summed E-state index contributed by atoms with van der Waals surface area (Å²) in [6.07, 6.45) is 0.250. The van der Waals surface area contributed by atoms with Gasteiger partial charge in [-0.3, -0.25) is 25.1 Å². The van der Waals surface area contributed by atoms with Crippen molar-refractivity contribution in [2.75, 3.05) is 39.6 Å². The lowest BCUT2D eigenvalue weighted by Gasteiger charge is -2.50. The van der Waals surface area contributed by atoms with Gasteiger partial charge in [-0.1, -0.05) is 13.8 Å². The summed E-state index contributed by atoms with van der Waals surface area (Å²) >= 11 is 0. The number of nitrogens with two attached hydrogens (primary N) is 2. The van der Waals surface area contributed by atoms with E-state index >= 15 is 0 Å². The molecule has 12 heteroatoms. The number of phenols is 1. The van der Waals surface area contributed by atoms with Crippen molar-refractivity contribution in [1.29, 1.82) is 0 Å². The first-order valence-corrected chi connectivity index (χ1v) is 13.2. The van der Waals surface area contributed by atoms with Crippen molar-refractivity contribution >= 4 is 28.9 Å². The van der Waals surface area contributed by atoms with E-state index in [-0.39, 0.29) is 42.2 Å². The van der Waals surface area contributed by atoms with Gasteiger partial charge in [-0.2, -0.15) is 0 Å². The van der Waals surface area contributed by atoms with Crippen LogP contribution in [0.1, 0.15) is 37.0 Å². The third kappa shape index (κ3) is 4.35. The third-order valence-electron chi connectivity index (χ3n) is 8.23. The zero-order valence-corrected chi connectivity index (χ0v) is 23.7. The molecule has 1 aromatic rings. The number of aliphatic hydroxyl groups is 3. The number of fused-ring (bicyclic) bond motifs is 3. The highest BCUT2D eigenvalue weighted by Crippen LogP contribution is 2.54. The van der Waals surface area contributed by atoms with Crippen LogP contribution in [0.15, 0.2) is 23.0 Å². The Morgan fingerprint density at radius 2 is 1.77 bits per heavy atom. The number of Topliss-reactive ketones (excluding diaryl/α,β-unsaturated/α-hetero) is 2. The average Bonchev–Trinajstić information content (AvgIpc) is 2.81. The zero-order chi connectivity index (χ0) is 30.0. The standard InChI is InChI=1S/C28H39N5O7/c1-12(2)10-33(30)11-14-9-17(31(3)4)15-7-13-8-16-21(32(5)6)24(36)20(27(29)39)26(38)28(16,40)25(37)18(13)23(35)19(15)22(14)34/h9,12-13,16,21,34-35,38,40H,7-8,10-11,30H2,1-6H3,(H2,29,39)/t13-,16-,21+,28-/m0/s1. The second-order valence-electron chi connectivity index (χ2n) is 11.9. The largest absolute Gasteiger partial charge is 0.508 e. The summed E-state index contributed by atoms with van der Waals surface area (Å²) < 4.78 is 0. The summed E-state index contributed by atoms with van der Waals surface area (Å²) in [4.78, 5) is 42.7. The number of rotatable bonds is 7. The number of hydrogen-bond donors (Lipinski definition) is 6. The Balaban J connectivity index is 1.94. The molecule has 8 N–H and O–H groups in total. The van der Waals surface area contributed by atoms with E-state index in [1.165, 1.54) is 4.90 Å². The van der Waals surface area contributed by atoms with Gasteiger partial charge in [0.15, 0.2) is 11.4 Å². The summed E-state index contributed by atoms with van der Waals surface area (Å²) in [5.74, 6) is -0.281. The molecule has 1 saturated carbocycles. The van der Waals surface area contributed by atoms with Crippen LogP contribution in [0.3, 0.4) is 0 Å². The van der Waals surface area contributed by atoms with Crippen molar-refractivity contribution in [2.24, 2.45) is 29.3 Å². The highest BCUT2D eigenvalue weighted by atomic mass is 16.3. The van der Waals surface area contributed by atoms with Crippen molar-refractivity contribution < 1.29 is 34.8 Å². The molecule has 0 aromatic heterocycles. The van der Waals surface area contributed by atoms with Crippen molar-refractivity contribution in [3.8, 4) is 5.75 Å². The van der Waals surface area contributed by atoms with E-state index in [0.717, 1.165) is 0 Å². The number of primary amides is 1. The van der Waals surface area contributed by atoms with Crippen LogP contribution < -0.4 is 16.5 Å². The van der Waals surface area contributed by atoms with Crippen molar-refractivity contribution in [2.45, 2.75) is 44.9 Å². The number of aromatic hydroxyl groups is 1. The molecule has 0 aliphatic heterocycles. The number of aliphatic hydroxyl groups excluding tert-OH is 2. The fourth-order valence-electron chi connectivity index (χ4n) is 6.62. The molecule has 0 unspecified atom stereocenters. The normalized spacial score (nSPS) is 26.4. The monoisotopic (exact) mass is 557 g/mol. The quantitative estimate of drug-likeness (QED) is 0.154. The maximum Gasteiger partial charge on any atom is 0.255 e. The smallest absolute Gasteiger partial charge is 0.255 e. The van der Waals surface area contributed by atoms with E-state index in [1.54, 1.807) is 25.2 Å². The van der Waals surface area contributed by atoms with Crippen LogP contribution in [-0.2, 0) is 27.3 Å². The van der Waals surface area contributed by atoms with Crippen LogP contribution in [0, 0.1) is 17.8 Å². The van der Waals surface area contributed by atoms with Gasteiger partial charge in [-0.05, 0) is 50.4 Å². The first kappa shape index (κ1) is 29.5. The Hall–Kier alpha value is -3.45. The summed E-state index contributed by atoms with van der Waals surface area (Å²) in [5, 5.41) is 47.2. The minimum atomic E-state index is -2.67. The second kappa shape index (κ2) is 10.2. The molecule has 12 nitrogen and oxygen atoms in total. The molecule has 3 aliphatic rings. The molecule has 218 valence electrons. The summed E-state index contributed by atoms with van der Waals surface area (Å²) in [6.45, 7) is 4.74. The number of hydrazine groups is 1. The number of carbonyl (C=O) groups excluding carboxylic acids is 3. The average molecular weight is 558 g/mol. The predicted molar refractivity (Wildman–Crippen MR) is 148 cm³/mol. The molecule has 4 atom stereocenters. The summed E-state index contributed by atoms with van der Waals surface area (Å²) in [6, 6.07) is 0.673. The highest BCUT2D eigenvalue weighted by molar-refractivity contribution is 6.24. The van der Waals surface area contributed by atoms with E-state index < -0.39 is 58.0 Å². The number of carbonyl (C=O) groups is 3. The number of benzene rings is 1. The van der Waals surface area contributed by atoms with Gasteiger partial charge in [0.2, 0.25) is 5.78 Å². The molecule has 0 heterocycles. The van der Waals surface area contributed by atoms with Gasteiger partial charge < -0.3 is 31.1 Å². The number of ketones is 2.